The van der Waals surface area contributed by atoms with Crippen LogP contribution in [-0.2, 0) is 16.1 Å². The van der Waals surface area contributed by atoms with Crippen molar-refractivity contribution >= 4 is 11.8 Å². The fourth-order valence-corrected chi connectivity index (χ4v) is 4.50. The van der Waals surface area contributed by atoms with Crippen LogP contribution in [0.15, 0.2) is 17.0 Å². The molecule has 0 aromatic carbocycles. The summed E-state index contributed by atoms with van der Waals surface area (Å²) in [6.45, 7) is 10.3. The normalized spacial score (nSPS) is 22.1. The minimum absolute atomic E-state index is 0.109. The zero-order valence-corrected chi connectivity index (χ0v) is 20.0. The summed E-state index contributed by atoms with van der Waals surface area (Å²) in [6.07, 6.45) is 5.01. The Morgan fingerprint density at radius 3 is 2.67 bits per heavy atom. The van der Waals surface area contributed by atoms with Gasteiger partial charge in [0.25, 0.3) is 0 Å². The summed E-state index contributed by atoms with van der Waals surface area (Å²) in [5.41, 5.74) is 2.04. The number of likely N-dealkylation sites (tertiary alicyclic amines) is 1. The number of rotatable bonds is 7. The Balaban J connectivity index is 1.51. The lowest BCUT2D eigenvalue weighted by Crippen LogP contribution is -2.50. The third-order valence-corrected chi connectivity index (χ3v) is 6.38. The first kappa shape index (κ1) is 23.4. The summed E-state index contributed by atoms with van der Waals surface area (Å²) in [5, 5.41) is 25.8. The molecule has 2 aliphatic rings. The number of amides is 2. The van der Waals surface area contributed by atoms with Crippen molar-refractivity contribution in [3.8, 4) is 0 Å². The Hall–Kier alpha value is -2.75. The molecule has 2 fully saturated rings. The summed E-state index contributed by atoms with van der Waals surface area (Å²) in [7, 11) is 0. The van der Waals surface area contributed by atoms with Gasteiger partial charge >= 0.3 is 0 Å². The van der Waals surface area contributed by atoms with E-state index in [1.54, 1.807) is 4.68 Å². The molecular formula is C23H34N6O4. The number of carbonyl (C=O) groups is 2. The second-order valence-electron chi connectivity index (χ2n) is 10.7. The third kappa shape index (κ3) is 4.95. The van der Waals surface area contributed by atoms with E-state index in [-0.39, 0.29) is 37.2 Å². The molecule has 0 spiro atoms. The van der Waals surface area contributed by atoms with E-state index in [9.17, 15) is 14.7 Å². The van der Waals surface area contributed by atoms with Crippen LogP contribution in [-0.4, -0.2) is 60.7 Å². The van der Waals surface area contributed by atoms with Gasteiger partial charge in [-0.15, -0.1) is 5.10 Å². The fourth-order valence-electron chi connectivity index (χ4n) is 4.50. The zero-order valence-electron chi connectivity index (χ0n) is 20.0. The molecule has 0 bridgehead atoms. The average Bonchev–Trinajstić information content (AvgIpc) is 3.13. The monoisotopic (exact) mass is 458 g/mol. The number of hydrogen-bond acceptors (Lipinski definition) is 7. The molecular weight excluding hydrogens is 424 g/mol. The van der Waals surface area contributed by atoms with Gasteiger partial charge in [0.1, 0.15) is 18.3 Å². The van der Waals surface area contributed by atoms with Crippen LogP contribution in [0, 0.1) is 5.41 Å². The van der Waals surface area contributed by atoms with Crippen LogP contribution in [0.2, 0.25) is 0 Å². The quantitative estimate of drug-likeness (QED) is 0.651. The topological polar surface area (TPSA) is 126 Å². The minimum atomic E-state index is -0.759. The van der Waals surface area contributed by atoms with Crippen LogP contribution in [0.3, 0.4) is 0 Å². The first-order valence-corrected chi connectivity index (χ1v) is 11.7. The van der Waals surface area contributed by atoms with E-state index in [1.165, 1.54) is 11.2 Å². The Kier molecular flexibility index (Phi) is 6.30. The van der Waals surface area contributed by atoms with Gasteiger partial charge in [0.05, 0.1) is 17.5 Å². The molecule has 2 aromatic heterocycles. The molecule has 4 rings (SSSR count). The molecule has 3 atom stereocenters. The third-order valence-electron chi connectivity index (χ3n) is 6.38. The van der Waals surface area contributed by atoms with Gasteiger partial charge in [-0.1, -0.05) is 45.0 Å². The summed E-state index contributed by atoms with van der Waals surface area (Å²) in [5.74, 6) is 0.0487. The van der Waals surface area contributed by atoms with E-state index in [4.69, 9.17) is 4.52 Å². The molecule has 10 heteroatoms. The Morgan fingerprint density at radius 2 is 2.03 bits per heavy atom. The summed E-state index contributed by atoms with van der Waals surface area (Å²) in [6, 6.07) is -1.39. The smallest absolute Gasteiger partial charge is 0.248 e. The van der Waals surface area contributed by atoms with Crippen LogP contribution in [0.4, 0.5) is 0 Å². The van der Waals surface area contributed by atoms with Gasteiger partial charge in [-0.3, -0.25) is 9.59 Å². The van der Waals surface area contributed by atoms with E-state index >= 15 is 0 Å². The van der Waals surface area contributed by atoms with E-state index < -0.39 is 23.6 Å². The van der Waals surface area contributed by atoms with Crippen molar-refractivity contribution < 1.29 is 19.2 Å². The van der Waals surface area contributed by atoms with Gasteiger partial charge in [0.2, 0.25) is 11.8 Å². The van der Waals surface area contributed by atoms with Crippen LogP contribution in [0.25, 0.3) is 0 Å². The number of nitrogens with zero attached hydrogens (tertiary/aromatic N) is 5. The summed E-state index contributed by atoms with van der Waals surface area (Å²) in [4.78, 5) is 28.3. The van der Waals surface area contributed by atoms with Gasteiger partial charge < -0.3 is 19.8 Å². The molecule has 180 valence electrons. The van der Waals surface area contributed by atoms with E-state index in [1.807, 2.05) is 40.8 Å². The average molecular weight is 459 g/mol. The predicted octanol–water partition coefficient (Wildman–Crippen LogP) is 2.13. The van der Waals surface area contributed by atoms with Gasteiger partial charge in [0.15, 0.2) is 0 Å². The second-order valence-corrected chi connectivity index (χ2v) is 10.7. The van der Waals surface area contributed by atoms with Gasteiger partial charge in [-0.25, -0.2) is 4.68 Å². The molecule has 10 nitrogen and oxygen atoms in total. The molecule has 2 N–H and O–H groups in total. The number of nitrogens with one attached hydrogen (secondary N) is 1. The Morgan fingerprint density at radius 1 is 1.30 bits per heavy atom. The van der Waals surface area contributed by atoms with Gasteiger partial charge in [-0.2, -0.15) is 0 Å². The highest BCUT2D eigenvalue weighted by Crippen LogP contribution is 2.40. The van der Waals surface area contributed by atoms with Crippen molar-refractivity contribution in [2.45, 2.75) is 90.4 Å². The lowest BCUT2D eigenvalue weighted by Gasteiger charge is -2.34. The van der Waals surface area contributed by atoms with Crippen molar-refractivity contribution in [3.05, 3.63) is 29.4 Å². The molecule has 1 saturated heterocycles. The van der Waals surface area contributed by atoms with E-state index in [0.717, 1.165) is 29.8 Å². The van der Waals surface area contributed by atoms with Gasteiger partial charge in [0, 0.05) is 37.2 Å². The summed E-state index contributed by atoms with van der Waals surface area (Å²) >= 11 is 0. The molecule has 1 saturated carbocycles. The Labute approximate surface area is 193 Å². The maximum absolute atomic E-state index is 13.7. The van der Waals surface area contributed by atoms with E-state index in [2.05, 4.69) is 20.8 Å². The van der Waals surface area contributed by atoms with Crippen molar-refractivity contribution in [3.63, 3.8) is 0 Å². The second kappa shape index (κ2) is 8.89. The number of hydrogen-bond donors (Lipinski definition) is 2. The SMILES string of the molecule is CC(C)c1nocc1CNC(=O)[C@@H]1C[C@@H](O)CN1C(=O)[C@@H](n1cc(C2CC2)nn1)C(C)(C)C. The Bertz CT molecular complexity index is 1000. The van der Waals surface area contributed by atoms with Gasteiger partial charge in [-0.05, 0) is 24.2 Å². The lowest BCUT2D eigenvalue weighted by molar-refractivity contribution is -0.144. The van der Waals surface area contributed by atoms with E-state index in [0.29, 0.717) is 5.92 Å². The zero-order chi connectivity index (χ0) is 23.9. The highest BCUT2D eigenvalue weighted by Gasteiger charge is 2.45. The maximum Gasteiger partial charge on any atom is 0.248 e. The lowest BCUT2D eigenvalue weighted by atomic mass is 9.85. The maximum atomic E-state index is 13.7. The molecule has 2 amide bonds. The number of aliphatic hydroxyl groups is 1. The minimum Gasteiger partial charge on any atom is -0.391 e. The molecule has 2 aromatic rings. The number of aliphatic hydroxyl groups excluding tert-OH is 1. The van der Waals surface area contributed by atoms with Crippen LogP contribution in [0.5, 0.6) is 0 Å². The van der Waals surface area contributed by atoms with Crippen molar-refractivity contribution in [1.82, 2.24) is 30.4 Å². The molecule has 33 heavy (non-hydrogen) atoms. The molecule has 0 radical (unpaired) electrons. The van der Waals surface area contributed by atoms with Crippen LogP contribution < -0.4 is 5.32 Å². The predicted molar refractivity (Wildman–Crippen MR) is 119 cm³/mol. The highest BCUT2D eigenvalue weighted by molar-refractivity contribution is 5.90. The molecule has 0 unspecified atom stereocenters. The first-order valence-electron chi connectivity index (χ1n) is 11.7. The molecule has 1 aliphatic carbocycles. The van der Waals surface area contributed by atoms with Crippen molar-refractivity contribution in [2.24, 2.45) is 5.41 Å². The first-order chi connectivity index (χ1) is 15.6. The highest BCUT2D eigenvalue weighted by atomic mass is 16.5. The van der Waals surface area contributed by atoms with Crippen molar-refractivity contribution in [2.75, 3.05) is 6.54 Å². The van der Waals surface area contributed by atoms with Crippen molar-refractivity contribution in [1.29, 1.82) is 0 Å². The number of β-amino-alcohol motifs (C(OH)–C–C–N with tert-alkyl or cyclic N) is 1. The summed E-state index contributed by atoms with van der Waals surface area (Å²) < 4.78 is 6.69. The fraction of sp³-hybridized carbons (Fsp3) is 0.696. The molecule has 3 heterocycles. The standard InChI is InChI=1S/C23H34N6O4/c1-13(2)19-15(12-33-26-19)9-24-21(31)18-8-16(30)10-28(18)22(32)20(23(3,4)5)29-11-17(25-27-29)14-6-7-14/h11-14,16,18,20,30H,6-10H2,1-5H3,(H,24,31)/t16-,18+,20-/m1/s1. The number of aromatic nitrogens is 4. The van der Waals surface area contributed by atoms with Crippen LogP contribution in [0.1, 0.15) is 88.7 Å². The largest absolute Gasteiger partial charge is 0.391 e. The number of carbonyl (C=O) groups excluding carboxylic acids is 2. The van der Waals surface area contributed by atoms with Crippen LogP contribution >= 0.6 is 0 Å². The molecule has 1 aliphatic heterocycles.